The van der Waals surface area contributed by atoms with E-state index in [9.17, 15) is 0 Å². The van der Waals surface area contributed by atoms with Crippen LogP contribution in [0, 0.1) is 13.8 Å². The Labute approximate surface area is 257 Å². The van der Waals surface area contributed by atoms with Crippen LogP contribution in [0.4, 0.5) is 0 Å². The van der Waals surface area contributed by atoms with Crippen molar-refractivity contribution in [3.05, 3.63) is 59.7 Å². The van der Waals surface area contributed by atoms with E-state index in [1.807, 2.05) is 0 Å². The molecule has 42 heavy (non-hydrogen) atoms. The smallest absolute Gasteiger partial charge is 0.251 e. The molecule has 0 amide bonds. The van der Waals surface area contributed by atoms with E-state index >= 15 is 0 Å². The van der Waals surface area contributed by atoms with Crippen LogP contribution in [0.5, 0.6) is 11.5 Å². The fourth-order valence-corrected chi connectivity index (χ4v) is 6.88. The van der Waals surface area contributed by atoms with Gasteiger partial charge >= 0.3 is 0 Å². The van der Waals surface area contributed by atoms with Gasteiger partial charge in [-0.05, 0) is 61.6 Å². The fraction of sp³-hybridized carbons (Fsp3) is 0.514. The number of benzene rings is 3. The van der Waals surface area contributed by atoms with Crippen molar-refractivity contribution in [2.75, 3.05) is 0 Å². The van der Waals surface area contributed by atoms with Crippen LogP contribution < -0.4 is 9.47 Å². The Morgan fingerprint density at radius 3 is 1.81 bits per heavy atom. The van der Waals surface area contributed by atoms with E-state index in [2.05, 4.69) is 85.0 Å². The van der Waals surface area contributed by atoms with Crippen LogP contribution in [0.2, 0.25) is 0 Å². The summed E-state index contributed by atoms with van der Waals surface area (Å²) in [5.74, 6) is 1.18. The minimum atomic E-state index is -0.674. The van der Waals surface area contributed by atoms with Crippen LogP contribution in [0.3, 0.4) is 0 Å². The molecule has 0 spiro atoms. The van der Waals surface area contributed by atoms with Crippen molar-refractivity contribution in [3.63, 3.8) is 0 Å². The minimum absolute atomic E-state index is 0.674. The van der Waals surface area contributed by atoms with Crippen molar-refractivity contribution < 1.29 is 9.47 Å². The number of fused-ring (bicyclic) bond motifs is 4. The molecule has 1 aliphatic heterocycles. The Hall–Kier alpha value is -2.92. The van der Waals surface area contributed by atoms with Crippen LogP contribution in [0.1, 0.15) is 115 Å². The predicted molar refractivity (Wildman–Crippen MR) is 178 cm³/mol. The second kappa shape index (κ2) is 14.5. The second-order valence-corrected chi connectivity index (χ2v) is 12.8. The molecule has 0 bridgehead atoms. The standard InChI is InChI=1S/C37H48N2O2S/c1-5-7-9-11-13-15-23-37(24-16-14-12-10-8-6-2)40-33-25-27(3)17-20-31(33)32-22-19-29(26-34(32)41-37)30-21-18-28(4)35-36(30)39-42-38-35/h17-22,25-26H,5-16,23-24H2,1-4H3. The maximum Gasteiger partial charge on any atom is 0.251 e. The van der Waals surface area contributed by atoms with E-state index in [0.717, 1.165) is 76.0 Å². The molecule has 0 radical (unpaired) electrons. The van der Waals surface area contributed by atoms with Gasteiger partial charge in [0.1, 0.15) is 22.5 Å². The lowest BCUT2D eigenvalue weighted by atomic mass is 9.96. The van der Waals surface area contributed by atoms with Gasteiger partial charge in [-0.2, -0.15) is 8.75 Å². The van der Waals surface area contributed by atoms with Crippen LogP contribution >= 0.6 is 11.7 Å². The third-order valence-corrected chi connectivity index (χ3v) is 9.28. The van der Waals surface area contributed by atoms with Gasteiger partial charge in [0.15, 0.2) is 0 Å². The molecule has 4 nitrogen and oxygen atoms in total. The van der Waals surface area contributed by atoms with Crippen molar-refractivity contribution in [2.45, 2.75) is 123 Å². The Kier molecular flexibility index (Phi) is 10.5. The molecule has 0 saturated heterocycles. The van der Waals surface area contributed by atoms with Gasteiger partial charge in [0.2, 0.25) is 0 Å². The van der Waals surface area contributed by atoms with E-state index in [4.69, 9.17) is 9.47 Å². The van der Waals surface area contributed by atoms with Crippen molar-refractivity contribution >= 4 is 22.8 Å². The van der Waals surface area contributed by atoms with Crippen LogP contribution in [-0.2, 0) is 0 Å². The highest BCUT2D eigenvalue weighted by atomic mass is 32.1. The van der Waals surface area contributed by atoms with Crippen molar-refractivity contribution in [3.8, 4) is 33.8 Å². The summed E-state index contributed by atoms with van der Waals surface area (Å²) in [5.41, 5.74) is 8.73. The molecule has 0 atom stereocenters. The maximum atomic E-state index is 7.15. The first-order valence-electron chi connectivity index (χ1n) is 16.4. The summed E-state index contributed by atoms with van der Waals surface area (Å²) in [4.78, 5) is 0. The van der Waals surface area contributed by atoms with E-state index in [0.29, 0.717) is 0 Å². The number of hydrogen-bond donors (Lipinski definition) is 0. The molecule has 4 aromatic rings. The van der Waals surface area contributed by atoms with Crippen molar-refractivity contribution in [1.29, 1.82) is 0 Å². The zero-order chi connectivity index (χ0) is 29.4. The molecule has 0 saturated carbocycles. The van der Waals surface area contributed by atoms with Gasteiger partial charge < -0.3 is 9.47 Å². The van der Waals surface area contributed by atoms with Crippen molar-refractivity contribution in [2.24, 2.45) is 0 Å². The number of ether oxygens (including phenoxy) is 2. The second-order valence-electron chi connectivity index (χ2n) is 12.3. The number of unbranched alkanes of at least 4 members (excludes halogenated alkanes) is 10. The summed E-state index contributed by atoms with van der Waals surface area (Å²) < 4.78 is 23.4. The molecular weight excluding hydrogens is 536 g/mol. The first-order chi connectivity index (χ1) is 20.5. The molecule has 1 aromatic heterocycles. The fourth-order valence-electron chi connectivity index (χ4n) is 6.26. The Balaban J connectivity index is 1.50. The number of rotatable bonds is 15. The molecule has 0 unspecified atom stereocenters. The zero-order valence-corrected chi connectivity index (χ0v) is 27.0. The number of nitrogens with zero attached hydrogens (tertiary/aromatic N) is 2. The van der Waals surface area contributed by atoms with Gasteiger partial charge in [0.05, 0.1) is 11.7 Å². The van der Waals surface area contributed by atoms with Crippen LogP contribution in [0.15, 0.2) is 48.5 Å². The van der Waals surface area contributed by atoms with E-state index in [-0.39, 0.29) is 0 Å². The molecule has 5 heteroatoms. The van der Waals surface area contributed by atoms with E-state index in [1.165, 1.54) is 81.5 Å². The molecule has 1 aliphatic rings. The summed E-state index contributed by atoms with van der Waals surface area (Å²) in [6.45, 7) is 8.80. The summed E-state index contributed by atoms with van der Waals surface area (Å²) in [7, 11) is 0. The quantitative estimate of drug-likeness (QED) is 0.130. The molecule has 224 valence electrons. The monoisotopic (exact) mass is 584 g/mol. The lowest BCUT2D eigenvalue weighted by Gasteiger charge is -2.34. The van der Waals surface area contributed by atoms with Gasteiger partial charge in [-0.3, -0.25) is 0 Å². The van der Waals surface area contributed by atoms with E-state index in [1.54, 1.807) is 0 Å². The molecule has 5 rings (SSSR count). The Bertz CT molecular complexity index is 1440. The molecule has 2 heterocycles. The summed E-state index contributed by atoms with van der Waals surface area (Å²) in [5, 5.41) is 0. The maximum absolute atomic E-state index is 7.15. The zero-order valence-electron chi connectivity index (χ0n) is 26.1. The Morgan fingerprint density at radius 1 is 0.595 bits per heavy atom. The molecule has 0 fully saturated rings. The average molecular weight is 585 g/mol. The van der Waals surface area contributed by atoms with E-state index < -0.39 is 5.79 Å². The van der Waals surface area contributed by atoms with Gasteiger partial charge in [-0.15, -0.1) is 0 Å². The molecule has 0 N–H and O–H groups in total. The Morgan fingerprint density at radius 2 is 1.14 bits per heavy atom. The third-order valence-electron chi connectivity index (χ3n) is 8.75. The highest BCUT2D eigenvalue weighted by Gasteiger charge is 2.38. The van der Waals surface area contributed by atoms with Gasteiger partial charge in [-0.1, -0.05) is 108 Å². The summed E-state index contributed by atoms with van der Waals surface area (Å²) >= 11 is 1.28. The number of aryl methyl sites for hydroxylation is 2. The molecule has 0 aliphatic carbocycles. The first-order valence-corrected chi connectivity index (χ1v) is 17.1. The summed E-state index contributed by atoms with van der Waals surface area (Å²) in [6, 6.07) is 17.5. The number of aromatic nitrogens is 2. The highest BCUT2D eigenvalue weighted by Crippen LogP contribution is 2.47. The third kappa shape index (κ3) is 7.16. The predicted octanol–water partition coefficient (Wildman–Crippen LogP) is 11.6. The molecular formula is C37H48N2O2S. The first kappa shape index (κ1) is 30.5. The number of hydrogen-bond acceptors (Lipinski definition) is 5. The van der Waals surface area contributed by atoms with Crippen molar-refractivity contribution in [1.82, 2.24) is 8.75 Å². The molecule has 3 aromatic carbocycles. The average Bonchev–Trinajstić information content (AvgIpc) is 3.44. The van der Waals surface area contributed by atoms with Crippen LogP contribution in [-0.4, -0.2) is 14.5 Å². The SMILES string of the molecule is CCCCCCCCC1(CCCCCCCC)Oc2cc(C)ccc2-c2ccc(-c3ccc(C)c4nsnc34)cc2O1. The summed E-state index contributed by atoms with van der Waals surface area (Å²) in [6.07, 6.45) is 16.8. The normalized spacial score (nSPS) is 13.7. The lowest BCUT2D eigenvalue weighted by molar-refractivity contribution is -0.125. The van der Waals surface area contributed by atoms with Gasteiger partial charge in [0, 0.05) is 29.5 Å². The van der Waals surface area contributed by atoms with Gasteiger partial charge in [0.25, 0.3) is 5.79 Å². The largest absolute Gasteiger partial charge is 0.452 e. The minimum Gasteiger partial charge on any atom is -0.452 e. The van der Waals surface area contributed by atoms with Crippen LogP contribution in [0.25, 0.3) is 33.3 Å². The lowest BCUT2D eigenvalue weighted by Crippen LogP contribution is -2.42. The highest BCUT2D eigenvalue weighted by molar-refractivity contribution is 7.00. The van der Waals surface area contributed by atoms with Gasteiger partial charge in [-0.25, -0.2) is 0 Å². The topological polar surface area (TPSA) is 44.2 Å².